The number of benzene rings is 1. The van der Waals surface area contributed by atoms with E-state index in [1.807, 2.05) is 13.1 Å². The molecule has 2 N–H and O–H groups in total. The lowest BCUT2D eigenvalue weighted by atomic mass is 9.96. The fourth-order valence-corrected chi connectivity index (χ4v) is 3.98. The van der Waals surface area contributed by atoms with Crippen LogP contribution in [-0.4, -0.2) is 50.1 Å². The van der Waals surface area contributed by atoms with Gasteiger partial charge in [0, 0.05) is 38.1 Å². The Morgan fingerprint density at radius 1 is 1.33 bits per heavy atom. The lowest BCUT2D eigenvalue weighted by molar-refractivity contribution is 0.141. The van der Waals surface area contributed by atoms with Crippen molar-refractivity contribution in [3.63, 3.8) is 0 Å². The monoisotopic (exact) mass is 488 g/mol. The highest BCUT2D eigenvalue weighted by Crippen LogP contribution is 2.47. The smallest absolute Gasteiger partial charge is 0.191 e. The molecular formula is C21H34FIN4. The number of nitrogens with zero attached hydrogens (tertiary/aromatic N) is 2. The van der Waals surface area contributed by atoms with Crippen LogP contribution in [0.5, 0.6) is 0 Å². The molecule has 6 heteroatoms. The van der Waals surface area contributed by atoms with Crippen LogP contribution in [-0.2, 0) is 5.41 Å². The number of guanidine groups is 1. The van der Waals surface area contributed by atoms with Gasteiger partial charge < -0.3 is 15.5 Å². The normalized spacial score (nSPS) is 22.3. The molecule has 1 saturated carbocycles. The maximum Gasteiger partial charge on any atom is 0.191 e. The molecule has 0 radical (unpaired) electrons. The quantitative estimate of drug-likeness (QED) is 0.364. The second-order valence-corrected chi connectivity index (χ2v) is 8.19. The van der Waals surface area contributed by atoms with Crippen molar-refractivity contribution in [2.75, 3.05) is 33.2 Å². The Morgan fingerprint density at radius 2 is 2.11 bits per heavy atom. The number of nitrogens with one attached hydrogen (secondary N) is 2. The number of piperidine rings is 1. The lowest BCUT2D eigenvalue weighted by Crippen LogP contribution is -2.47. The number of hydrogen-bond donors (Lipinski definition) is 2. The van der Waals surface area contributed by atoms with Gasteiger partial charge in [-0.2, -0.15) is 0 Å². The van der Waals surface area contributed by atoms with Gasteiger partial charge in [0.1, 0.15) is 5.82 Å². The van der Waals surface area contributed by atoms with E-state index >= 15 is 0 Å². The Balaban J connectivity index is 0.00000261. The van der Waals surface area contributed by atoms with Crippen molar-refractivity contribution in [1.82, 2.24) is 15.5 Å². The van der Waals surface area contributed by atoms with E-state index in [0.29, 0.717) is 12.0 Å². The molecule has 1 heterocycles. The SMILES string of the molecule is CN=C(NCC1CCCN(C(C)C)C1)NCC1(c2cccc(F)c2)CC1.I. The summed E-state index contributed by atoms with van der Waals surface area (Å²) in [6, 6.07) is 7.65. The number of likely N-dealkylation sites (tertiary alicyclic amines) is 1. The summed E-state index contributed by atoms with van der Waals surface area (Å²) in [5, 5.41) is 6.97. The molecule has 1 unspecified atom stereocenters. The molecular weight excluding hydrogens is 454 g/mol. The topological polar surface area (TPSA) is 39.7 Å². The minimum absolute atomic E-state index is 0. The van der Waals surface area contributed by atoms with Crippen LogP contribution in [0.15, 0.2) is 29.3 Å². The van der Waals surface area contributed by atoms with Crippen LogP contribution in [0.25, 0.3) is 0 Å². The van der Waals surface area contributed by atoms with Crippen molar-refractivity contribution >= 4 is 29.9 Å². The zero-order valence-corrected chi connectivity index (χ0v) is 19.1. The summed E-state index contributed by atoms with van der Waals surface area (Å²) in [5.74, 6) is 1.38. The van der Waals surface area contributed by atoms with Gasteiger partial charge in [0.15, 0.2) is 5.96 Å². The molecule has 1 aliphatic heterocycles. The van der Waals surface area contributed by atoms with Crippen molar-refractivity contribution in [2.24, 2.45) is 10.9 Å². The van der Waals surface area contributed by atoms with E-state index in [0.717, 1.165) is 44.0 Å². The molecule has 2 aliphatic rings. The summed E-state index contributed by atoms with van der Waals surface area (Å²) >= 11 is 0. The van der Waals surface area contributed by atoms with Gasteiger partial charge in [-0.1, -0.05) is 12.1 Å². The maximum atomic E-state index is 13.5. The first-order chi connectivity index (χ1) is 12.5. The predicted octanol–water partition coefficient (Wildman–Crippen LogP) is 3.76. The first kappa shape index (κ1) is 22.4. The average molecular weight is 488 g/mol. The van der Waals surface area contributed by atoms with Gasteiger partial charge in [-0.25, -0.2) is 4.39 Å². The summed E-state index contributed by atoms with van der Waals surface area (Å²) < 4.78 is 13.5. The van der Waals surface area contributed by atoms with E-state index in [-0.39, 0.29) is 35.2 Å². The largest absolute Gasteiger partial charge is 0.356 e. The maximum absolute atomic E-state index is 13.5. The number of hydrogen-bond acceptors (Lipinski definition) is 2. The van der Waals surface area contributed by atoms with Gasteiger partial charge in [0.2, 0.25) is 0 Å². The summed E-state index contributed by atoms with van der Waals surface area (Å²) in [6.45, 7) is 8.69. The molecule has 152 valence electrons. The number of rotatable bonds is 6. The van der Waals surface area contributed by atoms with Crippen LogP contribution < -0.4 is 10.6 Å². The minimum atomic E-state index is -0.150. The zero-order valence-electron chi connectivity index (χ0n) is 16.8. The minimum Gasteiger partial charge on any atom is -0.356 e. The van der Waals surface area contributed by atoms with Gasteiger partial charge in [-0.05, 0) is 69.7 Å². The van der Waals surface area contributed by atoms with Gasteiger partial charge in [0.05, 0.1) is 0 Å². The van der Waals surface area contributed by atoms with E-state index in [1.54, 1.807) is 12.1 Å². The van der Waals surface area contributed by atoms with Crippen LogP contribution in [0.1, 0.15) is 45.1 Å². The predicted molar refractivity (Wildman–Crippen MR) is 122 cm³/mol. The Morgan fingerprint density at radius 3 is 2.74 bits per heavy atom. The van der Waals surface area contributed by atoms with Crippen LogP contribution in [0.4, 0.5) is 4.39 Å². The van der Waals surface area contributed by atoms with Crippen molar-refractivity contribution < 1.29 is 4.39 Å². The molecule has 1 atom stereocenters. The molecule has 1 aromatic carbocycles. The highest BCUT2D eigenvalue weighted by atomic mass is 127. The molecule has 4 nitrogen and oxygen atoms in total. The van der Waals surface area contributed by atoms with Gasteiger partial charge in [-0.3, -0.25) is 4.99 Å². The van der Waals surface area contributed by atoms with Crippen LogP contribution in [0.2, 0.25) is 0 Å². The first-order valence-electron chi connectivity index (χ1n) is 9.97. The van der Waals surface area contributed by atoms with Gasteiger partial charge in [-0.15, -0.1) is 24.0 Å². The summed E-state index contributed by atoms with van der Waals surface area (Å²) in [6.07, 6.45) is 4.76. The third-order valence-corrected chi connectivity index (χ3v) is 5.95. The fraction of sp³-hybridized carbons (Fsp3) is 0.667. The molecule has 2 fully saturated rings. The fourth-order valence-electron chi connectivity index (χ4n) is 3.98. The summed E-state index contributed by atoms with van der Waals surface area (Å²) in [7, 11) is 1.82. The standard InChI is InChI=1S/C21H33FN4.HI/c1-16(2)26-11-5-6-17(14-26)13-24-20(23-3)25-15-21(9-10-21)18-7-4-8-19(22)12-18;/h4,7-8,12,16-17H,5-6,9-11,13-15H2,1-3H3,(H2,23,24,25);1H. The van der Waals surface area contributed by atoms with Crippen LogP contribution in [0.3, 0.4) is 0 Å². The van der Waals surface area contributed by atoms with E-state index in [4.69, 9.17) is 0 Å². The highest BCUT2D eigenvalue weighted by Gasteiger charge is 2.44. The number of halogens is 2. The van der Waals surface area contributed by atoms with E-state index < -0.39 is 0 Å². The number of aliphatic imine (C=N–C) groups is 1. The Kier molecular flexibility index (Phi) is 8.34. The average Bonchev–Trinajstić information content (AvgIpc) is 3.43. The van der Waals surface area contributed by atoms with Crippen molar-refractivity contribution in [3.05, 3.63) is 35.6 Å². The van der Waals surface area contributed by atoms with Crippen LogP contribution in [0, 0.1) is 11.7 Å². The Bertz CT molecular complexity index is 630. The van der Waals surface area contributed by atoms with E-state index in [1.165, 1.54) is 25.5 Å². The summed E-state index contributed by atoms with van der Waals surface area (Å²) in [5.41, 5.74) is 1.17. The van der Waals surface area contributed by atoms with E-state index in [2.05, 4.69) is 34.4 Å². The molecule has 0 aromatic heterocycles. The van der Waals surface area contributed by atoms with Gasteiger partial charge >= 0.3 is 0 Å². The molecule has 27 heavy (non-hydrogen) atoms. The third-order valence-electron chi connectivity index (χ3n) is 5.95. The van der Waals surface area contributed by atoms with Crippen molar-refractivity contribution in [2.45, 2.75) is 51.0 Å². The van der Waals surface area contributed by atoms with Gasteiger partial charge in [0.25, 0.3) is 0 Å². The Labute approximate surface area is 180 Å². The lowest BCUT2D eigenvalue weighted by Gasteiger charge is -2.35. The second-order valence-electron chi connectivity index (χ2n) is 8.19. The first-order valence-corrected chi connectivity index (χ1v) is 9.97. The molecule has 3 rings (SSSR count). The molecule has 1 saturated heterocycles. The molecule has 0 bridgehead atoms. The second kappa shape index (κ2) is 10.0. The van der Waals surface area contributed by atoms with Crippen molar-refractivity contribution in [3.8, 4) is 0 Å². The molecule has 1 aliphatic carbocycles. The highest BCUT2D eigenvalue weighted by molar-refractivity contribution is 14.0. The third kappa shape index (κ3) is 6.04. The molecule has 0 amide bonds. The molecule has 1 aromatic rings. The van der Waals surface area contributed by atoms with Crippen molar-refractivity contribution in [1.29, 1.82) is 0 Å². The zero-order chi connectivity index (χ0) is 18.6. The molecule has 0 spiro atoms. The van der Waals surface area contributed by atoms with E-state index in [9.17, 15) is 4.39 Å². The summed E-state index contributed by atoms with van der Waals surface area (Å²) in [4.78, 5) is 6.94. The Hall–Kier alpha value is -0.890. The van der Waals surface area contributed by atoms with Crippen LogP contribution >= 0.6 is 24.0 Å².